The van der Waals surface area contributed by atoms with Gasteiger partial charge < -0.3 is 15.5 Å². The fraction of sp³-hybridized carbons (Fsp3) is 0.156. The molecule has 5 rings (SSSR count). The topological polar surface area (TPSA) is 116 Å². The van der Waals surface area contributed by atoms with E-state index in [9.17, 15) is 22.8 Å². The SMILES string of the molecule is CN(Cc1ccccc1)S(=O)(=O)c1ccc(NC(=O)c2ccc(NC(=O)C3CC(=O)N(c4ccccc4)C3)cc2)cc1. The smallest absolute Gasteiger partial charge is 0.255 e. The number of carbonyl (C=O) groups is 3. The summed E-state index contributed by atoms with van der Waals surface area (Å²) in [6.07, 6.45) is 0.130. The molecular formula is C32H30N4O5S. The Bertz CT molecular complexity index is 1680. The number of nitrogens with zero attached hydrogens (tertiary/aromatic N) is 2. The molecule has 2 N–H and O–H groups in total. The van der Waals surface area contributed by atoms with E-state index < -0.39 is 15.9 Å². The van der Waals surface area contributed by atoms with Crippen molar-refractivity contribution >= 4 is 44.8 Å². The van der Waals surface area contributed by atoms with E-state index in [1.54, 1.807) is 29.2 Å². The van der Waals surface area contributed by atoms with E-state index in [0.717, 1.165) is 11.3 Å². The highest BCUT2D eigenvalue weighted by Gasteiger charge is 2.35. The third-order valence-electron chi connectivity index (χ3n) is 7.05. The molecule has 10 heteroatoms. The number of nitrogens with one attached hydrogen (secondary N) is 2. The van der Waals surface area contributed by atoms with Crippen LogP contribution < -0.4 is 15.5 Å². The van der Waals surface area contributed by atoms with Gasteiger partial charge in [0.05, 0.1) is 10.8 Å². The summed E-state index contributed by atoms with van der Waals surface area (Å²) in [5.41, 5.74) is 2.95. The van der Waals surface area contributed by atoms with Crippen molar-refractivity contribution in [2.45, 2.75) is 17.9 Å². The minimum atomic E-state index is -3.71. The second-order valence-electron chi connectivity index (χ2n) is 10.0. The Kier molecular flexibility index (Phi) is 8.46. The molecule has 0 radical (unpaired) electrons. The molecule has 0 aliphatic carbocycles. The van der Waals surface area contributed by atoms with E-state index >= 15 is 0 Å². The van der Waals surface area contributed by atoms with Gasteiger partial charge in [-0.15, -0.1) is 0 Å². The zero-order chi connectivity index (χ0) is 29.7. The predicted molar refractivity (Wildman–Crippen MR) is 161 cm³/mol. The fourth-order valence-electron chi connectivity index (χ4n) is 4.71. The quantitative estimate of drug-likeness (QED) is 0.296. The van der Waals surface area contributed by atoms with Crippen molar-refractivity contribution in [3.63, 3.8) is 0 Å². The van der Waals surface area contributed by atoms with Gasteiger partial charge in [-0.05, 0) is 66.2 Å². The van der Waals surface area contributed by atoms with E-state index in [1.165, 1.54) is 35.6 Å². The molecule has 0 spiro atoms. The van der Waals surface area contributed by atoms with E-state index in [4.69, 9.17) is 0 Å². The summed E-state index contributed by atoms with van der Waals surface area (Å²) in [4.78, 5) is 39.8. The second kappa shape index (κ2) is 12.4. The highest BCUT2D eigenvalue weighted by molar-refractivity contribution is 7.89. The molecule has 1 unspecified atom stereocenters. The van der Waals surface area contributed by atoms with Crippen LogP contribution in [0.2, 0.25) is 0 Å². The van der Waals surface area contributed by atoms with E-state index in [0.29, 0.717) is 23.5 Å². The zero-order valence-corrected chi connectivity index (χ0v) is 23.8. The summed E-state index contributed by atoms with van der Waals surface area (Å²) in [6, 6.07) is 31.0. The van der Waals surface area contributed by atoms with Gasteiger partial charge in [0.2, 0.25) is 21.8 Å². The van der Waals surface area contributed by atoms with Crippen LogP contribution in [0.1, 0.15) is 22.3 Å². The number of hydrogen-bond acceptors (Lipinski definition) is 5. The number of para-hydroxylation sites is 1. The van der Waals surface area contributed by atoms with Gasteiger partial charge in [0.15, 0.2) is 0 Å². The number of carbonyl (C=O) groups excluding carboxylic acids is 3. The van der Waals surface area contributed by atoms with Crippen molar-refractivity contribution in [2.75, 3.05) is 29.1 Å². The monoisotopic (exact) mass is 582 g/mol. The van der Waals surface area contributed by atoms with Crippen LogP contribution in [0, 0.1) is 5.92 Å². The number of sulfonamides is 1. The Morgan fingerprint density at radius 1 is 0.810 bits per heavy atom. The van der Waals surface area contributed by atoms with Crippen LogP contribution in [-0.2, 0) is 26.2 Å². The van der Waals surface area contributed by atoms with Crippen molar-refractivity contribution in [3.8, 4) is 0 Å². The summed E-state index contributed by atoms with van der Waals surface area (Å²) >= 11 is 0. The molecule has 1 aliphatic heterocycles. The largest absolute Gasteiger partial charge is 0.326 e. The Morgan fingerprint density at radius 2 is 1.38 bits per heavy atom. The Hall–Kier alpha value is -4.80. The van der Waals surface area contributed by atoms with Gasteiger partial charge in [-0.25, -0.2) is 8.42 Å². The lowest BCUT2D eigenvalue weighted by Crippen LogP contribution is -2.28. The van der Waals surface area contributed by atoms with Gasteiger partial charge in [-0.1, -0.05) is 48.5 Å². The highest BCUT2D eigenvalue weighted by Crippen LogP contribution is 2.26. The third-order valence-corrected chi connectivity index (χ3v) is 8.86. The molecule has 0 aromatic heterocycles. The maximum Gasteiger partial charge on any atom is 0.255 e. The number of anilines is 3. The first-order chi connectivity index (χ1) is 20.2. The van der Waals surface area contributed by atoms with Gasteiger partial charge in [0.25, 0.3) is 5.91 Å². The standard InChI is InChI=1S/C32H30N4O5S/c1-35(21-23-8-4-2-5-9-23)42(40,41)29-18-16-27(17-19-29)33-31(38)24-12-14-26(15-13-24)34-32(39)25-20-30(37)36(22-25)28-10-6-3-7-11-28/h2-19,25H,20-22H2,1H3,(H,33,38)(H,34,39). The predicted octanol–water partition coefficient (Wildman–Crippen LogP) is 4.75. The molecular weight excluding hydrogens is 552 g/mol. The molecule has 3 amide bonds. The summed E-state index contributed by atoms with van der Waals surface area (Å²) in [7, 11) is -2.19. The first-order valence-electron chi connectivity index (χ1n) is 13.4. The molecule has 214 valence electrons. The van der Waals surface area contributed by atoms with E-state index in [2.05, 4.69) is 10.6 Å². The van der Waals surface area contributed by atoms with Crippen LogP contribution in [0.4, 0.5) is 17.1 Å². The van der Waals surface area contributed by atoms with Gasteiger partial charge in [0, 0.05) is 49.2 Å². The molecule has 1 atom stereocenters. The second-order valence-corrected chi connectivity index (χ2v) is 12.1. The van der Waals surface area contributed by atoms with Crippen LogP contribution in [0.5, 0.6) is 0 Å². The Labute approximate surface area is 244 Å². The summed E-state index contributed by atoms with van der Waals surface area (Å²) < 4.78 is 27.2. The third kappa shape index (κ3) is 6.56. The Balaban J connectivity index is 1.15. The highest BCUT2D eigenvalue weighted by atomic mass is 32.2. The van der Waals surface area contributed by atoms with E-state index in [-0.39, 0.29) is 35.6 Å². The molecule has 9 nitrogen and oxygen atoms in total. The molecule has 1 saturated heterocycles. The lowest BCUT2D eigenvalue weighted by Gasteiger charge is -2.17. The lowest BCUT2D eigenvalue weighted by atomic mass is 10.1. The minimum absolute atomic E-state index is 0.0989. The first-order valence-corrected chi connectivity index (χ1v) is 14.8. The van der Waals surface area contributed by atoms with Gasteiger partial charge >= 0.3 is 0 Å². The molecule has 1 aliphatic rings. The normalized spacial score (nSPS) is 15.0. The van der Waals surface area contributed by atoms with Gasteiger partial charge in [-0.3, -0.25) is 14.4 Å². The summed E-state index contributed by atoms with van der Waals surface area (Å²) in [5.74, 6) is -1.23. The van der Waals surface area contributed by atoms with Crippen molar-refractivity contribution in [1.82, 2.24) is 4.31 Å². The van der Waals surface area contributed by atoms with Crippen LogP contribution in [0.3, 0.4) is 0 Å². The molecule has 0 saturated carbocycles. The lowest BCUT2D eigenvalue weighted by molar-refractivity contribution is -0.122. The van der Waals surface area contributed by atoms with Gasteiger partial charge in [0.1, 0.15) is 0 Å². The van der Waals surface area contributed by atoms with Crippen LogP contribution in [-0.4, -0.2) is 44.0 Å². The van der Waals surface area contributed by atoms with Crippen LogP contribution in [0.15, 0.2) is 114 Å². The van der Waals surface area contributed by atoms with Crippen molar-refractivity contribution in [1.29, 1.82) is 0 Å². The van der Waals surface area contributed by atoms with Crippen molar-refractivity contribution < 1.29 is 22.8 Å². The summed E-state index contributed by atoms with van der Waals surface area (Å²) in [5, 5.41) is 5.58. The fourth-order valence-corrected chi connectivity index (χ4v) is 5.87. The first kappa shape index (κ1) is 28.7. The molecule has 0 bridgehead atoms. The number of benzene rings is 4. The zero-order valence-electron chi connectivity index (χ0n) is 22.9. The van der Waals surface area contributed by atoms with Gasteiger partial charge in [-0.2, -0.15) is 4.31 Å². The Morgan fingerprint density at radius 3 is 2.02 bits per heavy atom. The molecule has 4 aromatic carbocycles. The van der Waals surface area contributed by atoms with Crippen molar-refractivity contribution in [3.05, 3.63) is 120 Å². The average Bonchev–Trinajstić information content (AvgIpc) is 3.40. The molecule has 1 fully saturated rings. The molecule has 42 heavy (non-hydrogen) atoms. The van der Waals surface area contributed by atoms with Crippen molar-refractivity contribution in [2.24, 2.45) is 5.92 Å². The van der Waals surface area contributed by atoms with Crippen LogP contribution >= 0.6 is 0 Å². The number of hydrogen-bond donors (Lipinski definition) is 2. The van der Waals surface area contributed by atoms with E-state index in [1.807, 2.05) is 60.7 Å². The average molecular weight is 583 g/mol. The minimum Gasteiger partial charge on any atom is -0.326 e. The number of amides is 3. The number of rotatable bonds is 9. The maximum atomic E-state index is 13.0. The molecule has 4 aromatic rings. The maximum absolute atomic E-state index is 13.0. The summed E-state index contributed by atoms with van der Waals surface area (Å²) in [6.45, 7) is 0.543. The molecule has 1 heterocycles. The van der Waals surface area contributed by atoms with Crippen LogP contribution in [0.25, 0.3) is 0 Å².